The predicted molar refractivity (Wildman–Crippen MR) is 43.6 cm³/mol. The predicted octanol–water partition coefficient (Wildman–Crippen LogP) is 1.05. The van der Waals surface area contributed by atoms with Crippen LogP contribution in [0.25, 0.3) is 0 Å². The lowest BCUT2D eigenvalue weighted by molar-refractivity contribution is 0.420. The van der Waals surface area contributed by atoms with Crippen molar-refractivity contribution in [2.24, 2.45) is 0 Å². The topological polar surface area (TPSA) is 58.9 Å². The van der Waals surface area contributed by atoms with Crippen molar-refractivity contribution < 1.29 is 4.52 Å². The first kappa shape index (κ1) is 8.26. The molecule has 0 bridgehead atoms. The number of H-pyrrole nitrogens is 1. The van der Waals surface area contributed by atoms with Gasteiger partial charge in [0.05, 0.1) is 6.20 Å². The molecule has 12 heavy (non-hydrogen) atoms. The van der Waals surface area contributed by atoms with E-state index in [4.69, 9.17) is 0 Å². The van der Waals surface area contributed by atoms with Crippen LogP contribution in [0.3, 0.4) is 0 Å². The molecule has 0 unspecified atom stereocenters. The summed E-state index contributed by atoms with van der Waals surface area (Å²) in [5.74, 6) is 0. The van der Waals surface area contributed by atoms with E-state index in [1.807, 2.05) is 0 Å². The van der Waals surface area contributed by atoms with E-state index in [0.717, 1.165) is 0 Å². The first-order chi connectivity index (χ1) is 5.89. The van der Waals surface area contributed by atoms with Gasteiger partial charge in [0.2, 0.25) is 5.56 Å². The average Bonchev–Trinajstić information content (AvgIpc) is 2.62. The van der Waals surface area contributed by atoms with Gasteiger partial charge in [-0.15, -0.1) is 0 Å². The molecule has 4 nitrogen and oxygen atoms in total. The summed E-state index contributed by atoms with van der Waals surface area (Å²) in [6.45, 7) is 0. The molecule has 0 saturated carbocycles. The van der Waals surface area contributed by atoms with Crippen molar-refractivity contribution in [1.82, 2.24) is 10.1 Å². The molecule has 0 radical (unpaired) electrons. The number of hydrogen-bond acceptors (Lipinski definition) is 3. The van der Waals surface area contributed by atoms with E-state index in [-0.39, 0.29) is 5.56 Å². The summed E-state index contributed by atoms with van der Waals surface area (Å²) in [6.07, 6.45) is 4.70. The molecule has 2 aromatic rings. The number of nitrogens with zero attached hydrogens (tertiary/aromatic N) is 1. The maximum Gasteiger partial charge on any atom is 0.247 e. The van der Waals surface area contributed by atoms with Crippen molar-refractivity contribution >= 4 is 0 Å². The second-order valence-electron chi connectivity index (χ2n) is 1.92. The highest BCUT2D eigenvalue weighted by Gasteiger charge is 1.69. The lowest BCUT2D eigenvalue weighted by Crippen LogP contribution is -1.98. The summed E-state index contributed by atoms with van der Waals surface area (Å²) in [5, 5.41) is 3.35. The van der Waals surface area contributed by atoms with Crippen LogP contribution >= 0.6 is 0 Å². The van der Waals surface area contributed by atoms with Gasteiger partial charge in [0.1, 0.15) is 6.26 Å². The van der Waals surface area contributed by atoms with Gasteiger partial charge < -0.3 is 9.51 Å². The van der Waals surface area contributed by atoms with Gasteiger partial charge in [-0.2, -0.15) is 0 Å². The summed E-state index contributed by atoms with van der Waals surface area (Å²) < 4.78 is 4.33. The van der Waals surface area contributed by atoms with Gasteiger partial charge in [-0.1, -0.05) is 11.2 Å². The quantitative estimate of drug-likeness (QED) is 0.633. The van der Waals surface area contributed by atoms with Crippen LogP contribution in [0.4, 0.5) is 0 Å². The fourth-order valence-corrected chi connectivity index (χ4v) is 0.553. The number of pyridine rings is 1. The monoisotopic (exact) mass is 164 g/mol. The van der Waals surface area contributed by atoms with Gasteiger partial charge in [0.15, 0.2) is 0 Å². The molecule has 0 aliphatic heterocycles. The number of aromatic amines is 1. The molecule has 0 spiro atoms. The molecular weight excluding hydrogens is 156 g/mol. The molecule has 4 heteroatoms. The van der Waals surface area contributed by atoms with Crippen LogP contribution in [-0.2, 0) is 0 Å². The second kappa shape index (κ2) is 4.90. The lowest BCUT2D eigenvalue weighted by Gasteiger charge is -1.73. The van der Waals surface area contributed by atoms with Gasteiger partial charge >= 0.3 is 0 Å². The van der Waals surface area contributed by atoms with Gasteiger partial charge in [-0.3, -0.25) is 4.79 Å². The van der Waals surface area contributed by atoms with Crippen molar-refractivity contribution in [3.63, 3.8) is 0 Å². The van der Waals surface area contributed by atoms with E-state index < -0.39 is 0 Å². The van der Waals surface area contributed by atoms with Crippen LogP contribution in [0.15, 0.2) is 52.2 Å². The standard InChI is InChI=1S/C5H5NO.C3H3NO/c7-5-3-1-2-4-6-5;1-2-4-5-3-1/h1-4H,(H,6,7);1-3H. The van der Waals surface area contributed by atoms with Crippen LogP contribution in [-0.4, -0.2) is 10.1 Å². The minimum atomic E-state index is -0.0532. The first-order valence-electron chi connectivity index (χ1n) is 3.37. The molecule has 0 atom stereocenters. The second-order valence-corrected chi connectivity index (χ2v) is 1.92. The Hall–Kier alpha value is -1.84. The Balaban J connectivity index is 0.000000127. The third-order valence-corrected chi connectivity index (χ3v) is 1.03. The van der Waals surface area contributed by atoms with Crippen LogP contribution in [0, 0.1) is 0 Å². The van der Waals surface area contributed by atoms with E-state index in [2.05, 4.69) is 14.7 Å². The van der Waals surface area contributed by atoms with Crippen LogP contribution in [0.5, 0.6) is 0 Å². The molecule has 2 heterocycles. The highest BCUT2D eigenvalue weighted by Crippen LogP contribution is 1.72. The number of hydrogen-bond donors (Lipinski definition) is 1. The molecule has 0 aromatic carbocycles. The van der Waals surface area contributed by atoms with Crippen LogP contribution < -0.4 is 5.56 Å². The third kappa shape index (κ3) is 3.36. The molecule has 2 rings (SSSR count). The lowest BCUT2D eigenvalue weighted by atomic mass is 10.5. The van der Waals surface area contributed by atoms with E-state index in [1.54, 1.807) is 30.6 Å². The smallest absolute Gasteiger partial charge is 0.247 e. The van der Waals surface area contributed by atoms with Crippen molar-refractivity contribution in [1.29, 1.82) is 0 Å². The maximum absolute atomic E-state index is 10.2. The van der Waals surface area contributed by atoms with Crippen LogP contribution in [0.1, 0.15) is 0 Å². The van der Waals surface area contributed by atoms with Gasteiger partial charge in [-0.05, 0) is 12.1 Å². The van der Waals surface area contributed by atoms with Crippen molar-refractivity contribution in [2.75, 3.05) is 0 Å². The van der Waals surface area contributed by atoms with Gasteiger partial charge in [-0.25, -0.2) is 0 Å². The molecule has 0 amide bonds. The fraction of sp³-hybridized carbons (Fsp3) is 0. The molecular formula is C8H8N2O2. The Morgan fingerprint density at radius 2 is 2.25 bits per heavy atom. The van der Waals surface area contributed by atoms with Gasteiger partial charge in [0.25, 0.3) is 0 Å². The SMILES string of the molecule is O=c1cccc[nH]1.c1cnoc1. The molecule has 0 fully saturated rings. The fourth-order valence-electron chi connectivity index (χ4n) is 0.553. The summed E-state index contributed by atoms with van der Waals surface area (Å²) >= 11 is 0. The highest BCUT2D eigenvalue weighted by atomic mass is 16.5. The zero-order valence-electron chi connectivity index (χ0n) is 6.31. The Morgan fingerprint density at radius 3 is 2.50 bits per heavy atom. The number of rotatable bonds is 0. The largest absolute Gasteiger partial charge is 0.365 e. The zero-order chi connectivity index (χ0) is 8.65. The highest BCUT2D eigenvalue weighted by molar-refractivity contribution is 4.89. The summed E-state index contributed by atoms with van der Waals surface area (Å²) in [4.78, 5) is 12.7. The minimum absolute atomic E-state index is 0.0532. The van der Waals surface area contributed by atoms with Crippen molar-refractivity contribution in [3.8, 4) is 0 Å². The molecule has 1 N–H and O–H groups in total. The average molecular weight is 164 g/mol. The van der Waals surface area contributed by atoms with E-state index in [1.165, 1.54) is 12.3 Å². The minimum Gasteiger partial charge on any atom is -0.365 e. The Bertz CT molecular complexity index is 305. The molecule has 0 aliphatic carbocycles. The van der Waals surface area contributed by atoms with Crippen LogP contribution in [0.2, 0.25) is 0 Å². The number of aromatic nitrogens is 2. The summed E-state index contributed by atoms with van der Waals surface area (Å²) in [6, 6.07) is 6.65. The Kier molecular flexibility index (Phi) is 3.37. The molecule has 2 aromatic heterocycles. The zero-order valence-corrected chi connectivity index (χ0v) is 6.31. The van der Waals surface area contributed by atoms with Crippen molar-refractivity contribution in [3.05, 3.63) is 53.3 Å². The molecule has 62 valence electrons. The van der Waals surface area contributed by atoms with Gasteiger partial charge in [0, 0.05) is 12.3 Å². The summed E-state index contributed by atoms with van der Waals surface area (Å²) in [7, 11) is 0. The third-order valence-electron chi connectivity index (χ3n) is 1.03. The van der Waals surface area contributed by atoms with E-state index >= 15 is 0 Å². The number of nitrogens with one attached hydrogen (secondary N) is 1. The Labute approximate surface area is 68.8 Å². The van der Waals surface area contributed by atoms with E-state index in [0.29, 0.717) is 0 Å². The van der Waals surface area contributed by atoms with E-state index in [9.17, 15) is 4.79 Å². The molecule has 0 aliphatic rings. The van der Waals surface area contributed by atoms with Crippen molar-refractivity contribution in [2.45, 2.75) is 0 Å². The Morgan fingerprint density at radius 1 is 1.33 bits per heavy atom. The maximum atomic E-state index is 10.2. The first-order valence-corrected chi connectivity index (χ1v) is 3.37. The molecule has 0 saturated heterocycles. The summed E-state index contributed by atoms with van der Waals surface area (Å²) in [5.41, 5.74) is -0.0532. The normalized spacial score (nSPS) is 8.33.